The fraction of sp³-hybridized carbons (Fsp3) is 0.214. The van der Waals surface area contributed by atoms with Gasteiger partial charge in [-0.25, -0.2) is 0 Å². The third-order valence-corrected chi connectivity index (χ3v) is 3.01. The minimum absolute atomic E-state index is 0.0205. The Kier molecular flexibility index (Phi) is 3.67. The van der Waals surface area contributed by atoms with Crippen LogP contribution in [-0.4, -0.2) is 4.57 Å². The predicted molar refractivity (Wildman–Crippen MR) is 69.7 cm³/mol. The van der Waals surface area contributed by atoms with E-state index in [2.05, 4.69) is 0 Å². The third-order valence-electron chi connectivity index (χ3n) is 3.01. The molecule has 6 heteroatoms. The Morgan fingerprint density at radius 3 is 2.50 bits per heavy atom. The van der Waals surface area contributed by atoms with Crippen LogP contribution in [0.4, 0.5) is 13.2 Å². The van der Waals surface area contributed by atoms with Gasteiger partial charge in [0.25, 0.3) is 0 Å². The SMILES string of the molecule is Cc1cc(=O)c(CN)cn1-c1ccccc1C(F)(F)F. The van der Waals surface area contributed by atoms with E-state index in [4.69, 9.17) is 5.73 Å². The maximum absolute atomic E-state index is 13.0. The quantitative estimate of drug-likeness (QED) is 0.920. The van der Waals surface area contributed by atoms with Crippen LogP contribution in [-0.2, 0) is 12.7 Å². The summed E-state index contributed by atoms with van der Waals surface area (Å²) in [7, 11) is 0. The summed E-state index contributed by atoms with van der Waals surface area (Å²) in [5.41, 5.74) is 5.08. The number of aryl methyl sites for hydroxylation is 1. The Morgan fingerprint density at radius 2 is 1.90 bits per heavy atom. The number of halogens is 3. The Morgan fingerprint density at radius 1 is 1.25 bits per heavy atom. The number of nitrogens with zero attached hydrogens (tertiary/aromatic N) is 1. The maximum Gasteiger partial charge on any atom is 0.418 e. The Labute approximate surface area is 113 Å². The molecule has 0 atom stereocenters. The van der Waals surface area contributed by atoms with Gasteiger partial charge in [-0.05, 0) is 19.1 Å². The molecule has 0 bridgehead atoms. The fourth-order valence-electron chi connectivity index (χ4n) is 2.01. The summed E-state index contributed by atoms with van der Waals surface area (Å²) >= 11 is 0. The molecule has 0 aliphatic rings. The van der Waals surface area contributed by atoms with Gasteiger partial charge in [0.15, 0.2) is 5.43 Å². The molecule has 1 aromatic heterocycles. The van der Waals surface area contributed by atoms with Crippen molar-refractivity contribution in [3.63, 3.8) is 0 Å². The van der Waals surface area contributed by atoms with Crippen molar-refractivity contribution >= 4 is 0 Å². The van der Waals surface area contributed by atoms with Crippen LogP contribution in [0.15, 0.2) is 41.3 Å². The fourth-order valence-corrected chi connectivity index (χ4v) is 2.01. The van der Waals surface area contributed by atoms with Crippen molar-refractivity contribution in [3.05, 3.63) is 63.6 Å². The largest absolute Gasteiger partial charge is 0.418 e. The van der Waals surface area contributed by atoms with Gasteiger partial charge in [0, 0.05) is 30.1 Å². The highest BCUT2D eigenvalue weighted by Gasteiger charge is 2.33. The monoisotopic (exact) mass is 282 g/mol. The number of hydrogen-bond donors (Lipinski definition) is 1. The Balaban J connectivity index is 2.72. The first-order chi connectivity index (χ1) is 9.34. The minimum atomic E-state index is -4.46. The van der Waals surface area contributed by atoms with Crippen molar-refractivity contribution in [2.45, 2.75) is 19.6 Å². The van der Waals surface area contributed by atoms with E-state index < -0.39 is 11.7 Å². The number of alkyl halides is 3. The first kappa shape index (κ1) is 14.3. The average molecular weight is 282 g/mol. The standard InChI is InChI=1S/C14H13F3N2O/c1-9-6-13(20)10(7-18)8-19(9)12-5-3-2-4-11(12)14(15,16)17/h2-6,8H,7,18H2,1H3. The van der Waals surface area contributed by atoms with Crippen LogP contribution in [0, 0.1) is 6.92 Å². The molecule has 0 unspecified atom stereocenters. The van der Waals surface area contributed by atoms with Crippen molar-refractivity contribution < 1.29 is 13.2 Å². The van der Waals surface area contributed by atoms with Gasteiger partial charge < -0.3 is 10.3 Å². The zero-order valence-electron chi connectivity index (χ0n) is 10.7. The lowest BCUT2D eigenvalue weighted by Gasteiger charge is -2.17. The summed E-state index contributed by atoms with van der Waals surface area (Å²) in [6.07, 6.45) is -3.10. The lowest BCUT2D eigenvalue weighted by Crippen LogP contribution is -2.19. The number of benzene rings is 1. The summed E-state index contributed by atoms with van der Waals surface area (Å²) in [5.74, 6) is 0. The molecule has 1 heterocycles. The van der Waals surface area contributed by atoms with Gasteiger partial charge in [0.05, 0.1) is 11.3 Å². The number of rotatable bonds is 2. The zero-order valence-corrected chi connectivity index (χ0v) is 10.7. The molecule has 0 fully saturated rings. The Hall–Kier alpha value is -2.08. The molecule has 0 aliphatic heterocycles. The van der Waals surface area contributed by atoms with E-state index in [-0.39, 0.29) is 23.2 Å². The molecule has 1 aromatic carbocycles. The number of aromatic nitrogens is 1. The Bertz CT molecular complexity index is 690. The van der Waals surface area contributed by atoms with E-state index in [1.807, 2.05) is 0 Å². The lowest BCUT2D eigenvalue weighted by atomic mass is 10.1. The first-order valence-corrected chi connectivity index (χ1v) is 5.93. The van der Waals surface area contributed by atoms with Crippen LogP contribution >= 0.6 is 0 Å². The van der Waals surface area contributed by atoms with Crippen molar-refractivity contribution in [3.8, 4) is 5.69 Å². The third kappa shape index (κ3) is 2.60. The average Bonchev–Trinajstić information content (AvgIpc) is 2.38. The molecular formula is C14H13F3N2O. The minimum Gasteiger partial charge on any atom is -0.326 e. The van der Waals surface area contributed by atoms with Gasteiger partial charge in [0.2, 0.25) is 0 Å². The molecule has 2 aromatic rings. The zero-order chi connectivity index (χ0) is 14.9. The number of nitrogens with two attached hydrogens (primary N) is 1. The van der Waals surface area contributed by atoms with Gasteiger partial charge in [-0.3, -0.25) is 4.79 Å². The van der Waals surface area contributed by atoms with E-state index in [0.29, 0.717) is 5.69 Å². The molecule has 0 amide bonds. The summed E-state index contributed by atoms with van der Waals surface area (Å²) in [6, 6.07) is 6.50. The lowest BCUT2D eigenvalue weighted by molar-refractivity contribution is -0.137. The molecule has 2 rings (SSSR count). The summed E-state index contributed by atoms with van der Waals surface area (Å²) in [6.45, 7) is 1.56. The molecule has 0 aliphatic carbocycles. The van der Waals surface area contributed by atoms with Crippen LogP contribution in [0.2, 0.25) is 0 Å². The molecule has 0 saturated carbocycles. The van der Waals surface area contributed by atoms with Gasteiger partial charge in [0.1, 0.15) is 0 Å². The summed E-state index contributed by atoms with van der Waals surface area (Å²) < 4.78 is 40.4. The van der Waals surface area contributed by atoms with E-state index in [1.54, 1.807) is 6.92 Å². The predicted octanol–water partition coefficient (Wildman–Crippen LogP) is 2.62. The molecule has 106 valence electrons. The van der Waals surface area contributed by atoms with Crippen molar-refractivity contribution in [2.75, 3.05) is 0 Å². The van der Waals surface area contributed by atoms with E-state index >= 15 is 0 Å². The highest BCUT2D eigenvalue weighted by Crippen LogP contribution is 2.33. The van der Waals surface area contributed by atoms with E-state index in [1.165, 1.54) is 35.0 Å². The van der Waals surface area contributed by atoms with Crippen molar-refractivity contribution in [1.29, 1.82) is 0 Å². The molecule has 0 radical (unpaired) electrons. The number of para-hydroxylation sites is 1. The highest BCUT2D eigenvalue weighted by atomic mass is 19.4. The highest BCUT2D eigenvalue weighted by molar-refractivity contribution is 5.44. The van der Waals surface area contributed by atoms with Crippen LogP contribution in [0.1, 0.15) is 16.8 Å². The molecule has 0 spiro atoms. The van der Waals surface area contributed by atoms with Crippen LogP contribution < -0.4 is 11.2 Å². The van der Waals surface area contributed by atoms with Gasteiger partial charge in [-0.1, -0.05) is 12.1 Å². The topological polar surface area (TPSA) is 48.0 Å². The second-order valence-electron chi connectivity index (χ2n) is 4.39. The number of hydrogen-bond acceptors (Lipinski definition) is 2. The van der Waals surface area contributed by atoms with Crippen molar-refractivity contribution in [1.82, 2.24) is 4.57 Å². The summed E-state index contributed by atoms with van der Waals surface area (Å²) in [4.78, 5) is 11.6. The van der Waals surface area contributed by atoms with Gasteiger partial charge >= 0.3 is 6.18 Å². The number of pyridine rings is 1. The second kappa shape index (κ2) is 5.13. The van der Waals surface area contributed by atoms with Crippen molar-refractivity contribution in [2.24, 2.45) is 5.73 Å². The van der Waals surface area contributed by atoms with Crippen LogP contribution in [0.3, 0.4) is 0 Å². The first-order valence-electron chi connectivity index (χ1n) is 5.93. The molecule has 0 saturated heterocycles. The molecule has 2 N–H and O–H groups in total. The van der Waals surface area contributed by atoms with Crippen LogP contribution in [0.25, 0.3) is 5.69 Å². The normalized spacial score (nSPS) is 11.7. The molecule has 20 heavy (non-hydrogen) atoms. The smallest absolute Gasteiger partial charge is 0.326 e. The van der Waals surface area contributed by atoms with Crippen LogP contribution in [0.5, 0.6) is 0 Å². The van der Waals surface area contributed by atoms with E-state index in [0.717, 1.165) is 6.07 Å². The second-order valence-corrected chi connectivity index (χ2v) is 4.39. The van der Waals surface area contributed by atoms with E-state index in [9.17, 15) is 18.0 Å². The maximum atomic E-state index is 13.0. The summed E-state index contributed by atoms with van der Waals surface area (Å²) in [5, 5.41) is 0. The molecular weight excluding hydrogens is 269 g/mol. The van der Waals surface area contributed by atoms with Gasteiger partial charge in [-0.2, -0.15) is 13.2 Å². The molecule has 3 nitrogen and oxygen atoms in total. The van der Waals surface area contributed by atoms with Gasteiger partial charge in [-0.15, -0.1) is 0 Å².